The number of carbonyl (C=O) groups excluding carboxylic acids is 1. The van der Waals surface area contributed by atoms with Crippen LogP contribution in [0.25, 0.3) is 0 Å². The van der Waals surface area contributed by atoms with Gasteiger partial charge in [0, 0.05) is 12.3 Å². The van der Waals surface area contributed by atoms with E-state index in [0.29, 0.717) is 6.42 Å². The molecule has 2 aromatic carbocycles. The summed E-state index contributed by atoms with van der Waals surface area (Å²) in [5.74, 6) is 3.07. The van der Waals surface area contributed by atoms with Crippen LogP contribution in [0.3, 0.4) is 0 Å². The number of carbonyl (C=O) groups is 1. The molecule has 0 fully saturated rings. The molecule has 0 aliphatic heterocycles. The van der Waals surface area contributed by atoms with Gasteiger partial charge in [0.2, 0.25) is 0 Å². The van der Waals surface area contributed by atoms with E-state index in [1.807, 2.05) is 74.5 Å². The molecule has 2 aromatic rings. The number of Topliss-reactive ketones (excluding diaryl/α,β-unsaturated/α-hetero) is 1. The van der Waals surface area contributed by atoms with Crippen molar-refractivity contribution in [1.29, 1.82) is 0 Å². The van der Waals surface area contributed by atoms with Crippen LogP contribution in [-0.4, -0.2) is 5.78 Å². The van der Waals surface area contributed by atoms with Gasteiger partial charge in [-0.1, -0.05) is 80.4 Å². The van der Waals surface area contributed by atoms with Gasteiger partial charge in [-0.15, -0.1) is 6.42 Å². The lowest BCUT2D eigenvalue weighted by Gasteiger charge is -2.30. The fourth-order valence-corrected chi connectivity index (χ4v) is 2.50. The molecule has 0 amide bonds. The summed E-state index contributed by atoms with van der Waals surface area (Å²) in [6.07, 6.45) is 6.25. The zero-order valence-electron chi connectivity index (χ0n) is 12.5. The van der Waals surface area contributed by atoms with Crippen molar-refractivity contribution in [2.24, 2.45) is 5.92 Å². The van der Waals surface area contributed by atoms with Crippen molar-refractivity contribution in [3.63, 3.8) is 0 Å². The van der Waals surface area contributed by atoms with E-state index in [9.17, 15) is 4.79 Å². The van der Waals surface area contributed by atoms with Crippen molar-refractivity contribution in [3.05, 3.63) is 71.8 Å². The largest absolute Gasteiger partial charge is 0.299 e. The Kier molecular flexibility index (Phi) is 4.60. The highest BCUT2D eigenvalue weighted by Crippen LogP contribution is 2.36. The lowest BCUT2D eigenvalue weighted by Crippen LogP contribution is -2.30. The second-order valence-corrected chi connectivity index (χ2v) is 5.58. The van der Waals surface area contributed by atoms with Gasteiger partial charge in [-0.2, -0.15) is 0 Å². The number of rotatable bonds is 5. The third-order valence-electron chi connectivity index (χ3n) is 3.86. The summed E-state index contributed by atoms with van der Waals surface area (Å²) in [5.41, 5.74) is 1.30. The summed E-state index contributed by atoms with van der Waals surface area (Å²) in [6.45, 7) is 3.83. The minimum atomic E-state index is -0.691. The average Bonchev–Trinajstić information content (AvgIpc) is 2.54. The van der Waals surface area contributed by atoms with Crippen LogP contribution in [0.2, 0.25) is 0 Å². The molecular formula is C20H20O. The van der Waals surface area contributed by atoms with E-state index in [1.165, 1.54) is 0 Å². The van der Waals surface area contributed by atoms with Gasteiger partial charge in [-0.25, -0.2) is 0 Å². The van der Waals surface area contributed by atoms with Crippen LogP contribution in [0.4, 0.5) is 0 Å². The van der Waals surface area contributed by atoms with Crippen molar-refractivity contribution in [2.75, 3.05) is 0 Å². The maximum Gasteiger partial charge on any atom is 0.137 e. The summed E-state index contributed by atoms with van der Waals surface area (Å²) in [5, 5.41) is 0. The van der Waals surface area contributed by atoms with Gasteiger partial charge in [0.25, 0.3) is 0 Å². The predicted molar refractivity (Wildman–Crippen MR) is 87.0 cm³/mol. The molecule has 0 aliphatic carbocycles. The first-order chi connectivity index (χ1) is 10.1. The third-order valence-corrected chi connectivity index (χ3v) is 3.86. The zero-order valence-corrected chi connectivity index (χ0v) is 12.5. The van der Waals surface area contributed by atoms with Gasteiger partial charge >= 0.3 is 0 Å². The predicted octanol–water partition coefficient (Wildman–Crippen LogP) is 4.22. The van der Waals surface area contributed by atoms with Crippen LogP contribution in [0, 0.1) is 18.3 Å². The minimum Gasteiger partial charge on any atom is -0.299 e. The quantitative estimate of drug-likeness (QED) is 0.747. The smallest absolute Gasteiger partial charge is 0.137 e. The van der Waals surface area contributed by atoms with Gasteiger partial charge in [-0.05, 0) is 11.1 Å². The van der Waals surface area contributed by atoms with Gasteiger partial charge < -0.3 is 0 Å². The van der Waals surface area contributed by atoms with Crippen molar-refractivity contribution < 1.29 is 4.79 Å². The Morgan fingerprint density at radius 2 is 1.43 bits per heavy atom. The molecule has 1 heteroatoms. The van der Waals surface area contributed by atoms with E-state index in [4.69, 9.17) is 6.42 Å². The first-order valence-electron chi connectivity index (χ1n) is 7.21. The van der Waals surface area contributed by atoms with E-state index in [-0.39, 0.29) is 11.7 Å². The standard InChI is InChI=1S/C20H20O/c1-4-20(15-19(21)16(2)3,17-11-7-5-8-12-17)18-13-9-6-10-14-18/h1,5-14,16H,15H2,2-3H3. The Hall–Kier alpha value is -2.33. The topological polar surface area (TPSA) is 17.1 Å². The number of hydrogen-bond donors (Lipinski definition) is 0. The molecule has 0 heterocycles. The Morgan fingerprint density at radius 3 is 1.76 bits per heavy atom. The fourth-order valence-electron chi connectivity index (χ4n) is 2.50. The Labute approximate surface area is 127 Å². The molecule has 0 aliphatic rings. The molecule has 0 saturated carbocycles. The van der Waals surface area contributed by atoms with Crippen LogP contribution < -0.4 is 0 Å². The molecule has 0 atom stereocenters. The maximum atomic E-state index is 12.4. The maximum absolute atomic E-state index is 12.4. The van der Waals surface area contributed by atoms with Crippen LogP contribution in [0.15, 0.2) is 60.7 Å². The van der Waals surface area contributed by atoms with E-state index >= 15 is 0 Å². The van der Waals surface area contributed by atoms with Gasteiger partial charge in [0.15, 0.2) is 0 Å². The van der Waals surface area contributed by atoms with Crippen molar-refractivity contribution in [1.82, 2.24) is 0 Å². The van der Waals surface area contributed by atoms with Crippen LogP contribution in [-0.2, 0) is 10.2 Å². The SMILES string of the molecule is C#CC(CC(=O)C(C)C)(c1ccccc1)c1ccccc1. The molecule has 0 aromatic heterocycles. The molecule has 0 unspecified atom stereocenters. The van der Waals surface area contributed by atoms with Gasteiger partial charge in [-0.3, -0.25) is 4.79 Å². The van der Waals surface area contributed by atoms with E-state index < -0.39 is 5.41 Å². The summed E-state index contributed by atoms with van der Waals surface area (Å²) in [6, 6.07) is 19.8. The molecule has 0 spiro atoms. The van der Waals surface area contributed by atoms with Crippen LogP contribution >= 0.6 is 0 Å². The molecule has 1 nitrogen and oxygen atoms in total. The molecular weight excluding hydrogens is 256 g/mol. The minimum absolute atomic E-state index is 0.0230. The summed E-state index contributed by atoms with van der Waals surface area (Å²) in [4.78, 5) is 12.4. The van der Waals surface area contributed by atoms with E-state index in [0.717, 1.165) is 11.1 Å². The summed E-state index contributed by atoms with van der Waals surface area (Å²) >= 11 is 0. The second-order valence-electron chi connectivity index (χ2n) is 5.58. The van der Waals surface area contributed by atoms with Crippen LogP contribution in [0.5, 0.6) is 0 Å². The van der Waals surface area contributed by atoms with Crippen LogP contribution in [0.1, 0.15) is 31.4 Å². The zero-order chi connectivity index (χ0) is 15.3. The fraction of sp³-hybridized carbons (Fsp3) is 0.250. The Balaban J connectivity index is 2.58. The molecule has 106 valence electrons. The average molecular weight is 276 g/mol. The molecule has 21 heavy (non-hydrogen) atoms. The number of terminal acetylenes is 1. The lowest BCUT2D eigenvalue weighted by atomic mass is 9.71. The number of hydrogen-bond acceptors (Lipinski definition) is 1. The van der Waals surface area contributed by atoms with Gasteiger partial charge in [0.1, 0.15) is 5.78 Å². The normalized spacial score (nSPS) is 11.1. The monoisotopic (exact) mass is 276 g/mol. The van der Waals surface area contributed by atoms with E-state index in [1.54, 1.807) is 0 Å². The highest BCUT2D eigenvalue weighted by atomic mass is 16.1. The lowest BCUT2D eigenvalue weighted by molar-refractivity contribution is -0.122. The molecule has 0 radical (unpaired) electrons. The van der Waals surface area contributed by atoms with Crippen molar-refractivity contribution in [3.8, 4) is 12.3 Å². The first-order valence-corrected chi connectivity index (χ1v) is 7.21. The third kappa shape index (κ3) is 3.06. The highest BCUT2D eigenvalue weighted by Gasteiger charge is 2.35. The molecule has 2 rings (SSSR count). The van der Waals surface area contributed by atoms with E-state index in [2.05, 4.69) is 5.92 Å². The number of ketones is 1. The molecule has 0 N–H and O–H groups in total. The number of benzene rings is 2. The summed E-state index contributed by atoms with van der Waals surface area (Å²) in [7, 11) is 0. The first kappa shape index (κ1) is 15.1. The van der Waals surface area contributed by atoms with Gasteiger partial charge in [0.05, 0.1) is 5.41 Å². The van der Waals surface area contributed by atoms with Crippen molar-refractivity contribution in [2.45, 2.75) is 25.7 Å². The molecule has 0 bridgehead atoms. The Bertz CT molecular complexity index is 593. The Morgan fingerprint density at radius 1 is 1.00 bits per heavy atom. The molecule has 0 saturated heterocycles. The second kappa shape index (κ2) is 6.41. The highest BCUT2D eigenvalue weighted by molar-refractivity contribution is 5.83. The summed E-state index contributed by atoms with van der Waals surface area (Å²) < 4.78 is 0. The van der Waals surface area contributed by atoms with Crippen molar-refractivity contribution >= 4 is 5.78 Å².